The molecule has 0 aliphatic heterocycles. The summed E-state index contributed by atoms with van der Waals surface area (Å²) in [5, 5.41) is 0. The first kappa shape index (κ1) is 22.1. The van der Waals surface area contributed by atoms with Crippen molar-refractivity contribution in [2.75, 3.05) is 13.1 Å². The zero-order chi connectivity index (χ0) is 20.8. The molecule has 148 valence electrons. The second kappa shape index (κ2) is 9.33. The maximum Gasteiger partial charge on any atom is 0.243 e. The van der Waals surface area contributed by atoms with Crippen molar-refractivity contribution in [2.24, 2.45) is 0 Å². The third kappa shape index (κ3) is 6.45. The number of hydrogen-bond donors (Lipinski definition) is 0. The van der Waals surface area contributed by atoms with Crippen LogP contribution >= 0.6 is 0 Å². The molecule has 0 saturated heterocycles. The molecule has 4 nitrogen and oxygen atoms in total. The van der Waals surface area contributed by atoms with E-state index in [1.54, 1.807) is 48.5 Å². The highest BCUT2D eigenvalue weighted by atomic mass is 32.2. The topological polar surface area (TPSA) is 54.5 Å². The van der Waals surface area contributed by atoms with Gasteiger partial charge in [-0.25, -0.2) is 8.42 Å². The fraction of sp³-hybridized carbons (Fsp3) is 0.318. The minimum absolute atomic E-state index is 0.0807. The van der Waals surface area contributed by atoms with Crippen LogP contribution in [0.15, 0.2) is 59.5 Å². The van der Waals surface area contributed by atoms with Gasteiger partial charge in [0.2, 0.25) is 10.0 Å². The van der Waals surface area contributed by atoms with Crippen LogP contribution in [-0.4, -0.2) is 39.7 Å². The van der Waals surface area contributed by atoms with E-state index < -0.39 is 18.1 Å². The highest BCUT2D eigenvalue weighted by Gasteiger charge is 2.24. The van der Waals surface area contributed by atoms with E-state index in [0.717, 1.165) is 5.56 Å². The molecule has 0 N–H and O–H groups in total. The molecule has 2 rings (SSSR count). The van der Waals surface area contributed by atoms with E-state index in [2.05, 4.69) is 31.1 Å². The number of ketones is 1. The van der Waals surface area contributed by atoms with Crippen molar-refractivity contribution < 1.29 is 13.2 Å². The number of benzene rings is 2. The molecule has 6 heteroatoms. The Labute approximate surface area is 169 Å². The fourth-order valence-corrected chi connectivity index (χ4v) is 4.48. The van der Waals surface area contributed by atoms with Gasteiger partial charge in [0.25, 0.3) is 0 Å². The minimum atomic E-state index is -3.72. The molecule has 0 radical (unpaired) electrons. The SMILES string of the molecule is Cc1ccc(S(=O)(=O)N(CC#C[Si](C)(C)C)CCC(=O)c2ccccc2)cc1. The van der Waals surface area contributed by atoms with Crippen LogP contribution in [0.4, 0.5) is 0 Å². The first-order chi connectivity index (χ1) is 13.1. The van der Waals surface area contributed by atoms with E-state index in [9.17, 15) is 13.2 Å². The predicted octanol–water partition coefficient (Wildman–Crippen LogP) is 4.14. The van der Waals surface area contributed by atoms with Crippen LogP contribution in [0, 0.1) is 18.4 Å². The number of hydrogen-bond acceptors (Lipinski definition) is 3. The Bertz CT molecular complexity index is 966. The van der Waals surface area contributed by atoms with Crippen molar-refractivity contribution in [1.29, 1.82) is 0 Å². The third-order valence-electron chi connectivity index (χ3n) is 4.06. The fourth-order valence-electron chi connectivity index (χ4n) is 2.53. The molecular weight excluding hydrogens is 386 g/mol. The molecule has 28 heavy (non-hydrogen) atoms. The number of nitrogens with zero attached hydrogens (tertiary/aromatic N) is 1. The predicted molar refractivity (Wildman–Crippen MR) is 116 cm³/mol. The smallest absolute Gasteiger partial charge is 0.243 e. The van der Waals surface area contributed by atoms with Crippen LogP contribution in [0.1, 0.15) is 22.3 Å². The molecule has 0 unspecified atom stereocenters. The molecule has 0 heterocycles. The lowest BCUT2D eigenvalue weighted by Crippen LogP contribution is -2.34. The van der Waals surface area contributed by atoms with Crippen molar-refractivity contribution in [3.63, 3.8) is 0 Å². The van der Waals surface area contributed by atoms with E-state index in [-0.39, 0.29) is 30.2 Å². The van der Waals surface area contributed by atoms with Crippen molar-refractivity contribution >= 4 is 23.9 Å². The molecule has 2 aromatic rings. The number of rotatable bonds is 7. The van der Waals surface area contributed by atoms with Gasteiger partial charge < -0.3 is 0 Å². The lowest BCUT2D eigenvalue weighted by atomic mass is 10.1. The third-order valence-corrected chi connectivity index (χ3v) is 6.85. The number of carbonyl (C=O) groups is 1. The summed E-state index contributed by atoms with van der Waals surface area (Å²) >= 11 is 0. The molecule has 2 aromatic carbocycles. The largest absolute Gasteiger partial charge is 0.294 e. The van der Waals surface area contributed by atoms with Crippen LogP contribution in [0.25, 0.3) is 0 Å². The zero-order valence-electron chi connectivity index (χ0n) is 16.9. The zero-order valence-corrected chi connectivity index (χ0v) is 18.7. The maximum atomic E-state index is 13.1. The molecule has 0 bridgehead atoms. The Morgan fingerprint density at radius 2 is 1.61 bits per heavy atom. The lowest BCUT2D eigenvalue weighted by molar-refractivity contribution is 0.0977. The van der Waals surface area contributed by atoms with Gasteiger partial charge in [0.1, 0.15) is 8.07 Å². The highest BCUT2D eigenvalue weighted by Crippen LogP contribution is 2.17. The number of Topliss-reactive ketones (excluding diaryl/α,β-unsaturated/α-hetero) is 1. The van der Waals surface area contributed by atoms with Gasteiger partial charge in [-0.15, -0.1) is 5.54 Å². The molecule has 0 saturated carbocycles. The normalized spacial score (nSPS) is 11.8. The number of sulfonamides is 1. The van der Waals surface area contributed by atoms with Crippen LogP contribution in [-0.2, 0) is 10.0 Å². The minimum Gasteiger partial charge on any atom is -0.294 e. The Morgan fingerprint density at radius 1 is 1.00 bits per heavy atom. The quantitative estimate of drug-likeness (QED) is 0.389. The van der Waals surface area contributed by atoms with E-state index in [1.807, 2.05) is 13.0 Å². The van der Waals surface area contributed by atoms with Gasteiger partial charge >= 0.3 is 0 Å². The van der Waals surface area contributed by atoms with Crippen LogP contribution in [0.5, 0.6) is 0 Å². The summed E-state index contributed by atoms with van der Waals surface area (Å²) in [7, 11) is -5.34. The van der Waals surface area contributed by atoms with E-state index in [0.29, 0.717) is 5.56 Å². The summed E-state index contributed by atoms with van der Waals surface area (Å²) in [6.07, 6.45) is 0.115. The molecule has 0 atom stereocenters. The Balaban J connectivity index is 2.24. The van der Waals surface area contributed by atoms with E-state index >= 15 is 0 Å². The highest BCUT2D eigenvalue weighted by molar-refractivity contribution is 7.89. The van der Waals surface area contributed by atoms with E-state index in [4.69, 9.17) is 0 Å². The van der Waals surface area contributed by atoms with Crippen molar-refractivity contribution in [3.8, 4) is 11.5 Å². The van der Waals surface area contributed by atoms with Gasteiger partial charge in [-0.1, -0.05) is 73.6 Å². The van der Waals surface area contributed by atoms with Gasteiger partial charge in [0, 0.05) is 18.5 Å². The van der Waals surface area contributed by atoms with Gasteiger partial charge in [0.05, 0.1) is 11.4 Å². The molecule has 0 spiro atoms. The molecule has 0 aliphatic carbocycles. The summed E-state index contributed by atoms with van der Waals surface area (Å²) in [4.78, 5) is 12.7. The molecular formula is C22H27NO3SSi. The van der Waals surface area contributed by atoms with Crippen LogP contribution in [0.3, 0.4) is 0 Å². The maximum absolute atomic E-state index is 13.1. The summed E-state index contributed by atoms with van der Waals surface area (Å²) in [5.74, 6) is 2.94. The van der Waals surface area contributed by atoms with Crippen molar-refractivity contribution in [3.05, 3.63) is 65.7 Å². The summed E-state index contributed by atoms with van der Waals surface area (Å²) in [6, 6.07) is 15.7. The van der Waals surface area contributed by atoms with Gasteiger partial charge in [-0.3, -0.25) is 4.79 Å². The summed E-state index contributed by atoms with van der Waals surface area (Å²) in [5.41, 5.74) is 4.78. The Kier molecular flexibility index (Phi) is 7.36. The summed E-state index contributed by atoms with van der Waals surface area (Å²) < 4.78 is 27.5. The second-order valence-corrected chi connectivity index (χ2v) is 14.4. The van der Waals surface area contributed by atoms with E-state index in [1.165, 1.54) is 4.31 Å². The standard InChI is InChI=1S/C22H27NO3SSi/c1-19-11-13-21(14-12-19)27(25,26)23(16-8-18-28(2,3)4)17-15-22(24)20-9-6-5-7-10-20/h5-7,9-14H,15-17H2,1-4H3. The number of carbonyl (C=O) groups excluding carboxylic acids is 1. The Hall–Kier alpha value is -2.20. The molecule has 0 amide bonds. The van der Waals surface area contributed by atoms with Crippen molar-refractivity contribution in [2.45, 2.75) is 37.9 Å². The van der Waals surface area contributed by atoms with Crippen molar-refractivity contribution in [1.82, 2.24) is 4.31 Å². The molecule has 0 aliphatic rings. The van der Waals surface area contributed by atoms with Gasteiger partial charge in [-0.05, 0) is 19.1 Å². The first-order valence-corrected chi connectivity index (χ1v) is 14.2. The molecule has 0 fully saturated rings. The summed E-state index contributed by atoms with van der Waals surface area (Å²) in [6.45, 7) is 8.42. The van der Waals surface area contributed by atoms with Crippen LogP contribution in [0.2, 0.25) is 19.6 Å². The second-order valence-electron chi connectivity index (χ2n) is 7.74. The van der Waals surface area contributed by atoms with Gasteiger partial charge in [0.15, 0.2) is 5.78 Å². The number of aryl methyl sites for hydroxylation is 1. The average molecular weight is 414 g/mol. The lowest BCUT2D eigenvalue weighted by Gasteiger charge is -2.20. The monoisotopic (exact) mass is 413 g/mol. The van der Waals surface area contributed by atoms with Crippen LogP contribution < -0.4 is 0 Å². The molecule has 0 aromatic heterocycles. The Morgan fingerprint density at radius 3 is 2.18 bits per heavy atom. The first-order valence-electron chi connectivity index (χ1n) is 9.25. The average Bonchev–Trinajstić information content (AvgIpc) is 2.64. The van der Waals surface area contributed by atoms with Gasteiger partial charge in [-0.2, -0.15) is 4.31 Å².